The zero-order valence-corrected chi connectivity index (χ0v) is 24.2. The van der Waals surface area contributed by atoms with Crippen LogP contribution in [0.15, 0.2) is 97.1 Å². The van der Waals surface area contributed by atoms with Gasteiger partial charge in [0.15, 0.2) is 0 Å². The van der Waals surface area contributed by atoms with Crippen LogP contribution in [-0.4, -0.2) is 30.4 Å². The van der Waals surface area contributed by atoms with E-state index in [-0.39, 0.29) is 33.0 Å². The summed E-state index contributed by atoms with van der Waals surface area (Å²) in [5, 5.41) is 35.2. The Morgan fingerprint density at radius 3 is 0.875 bits per heavy atom. The zero-order valence-electron chi connectivity index (χ0n) is 22.7. The fourth-order valence-electron chi connectivity index (χ4n) is 3.10. The molecule has 4 N–H and O–H groups in total. The summed E-state index contributed by atoms with van der Waals surface area (Å²) in [6, 6.07) is 29.4. The molecule has 0 atom stereocenters. The van der Waals surface area contributed by atoms with E-state index < -0.39 is 0 Å². The number of hydrogen-bond acceptors (Lipinski definition) is 6. The van der Waals surface area contributed by atoms with Gasteiger partial charge in [0.05, 0.1) is 22.8 Å². The summed E-state index contributed by atoms with van der Waals surface area (Å²) >= 11 is 10.8. The van der Waals surface area contributed by atoms with Gasteiger partial charge < -0.3 is 20.4 Å². The molecule has 5 rings (SSSR count). The maximum Gasteiger partial charge on any atom is 0.137 e. The molecule has 1 aromatic heterocycles. The third-order valence-electron chi connectivity index (χ3n) is 5.51. The second-order valence-corrected chi connectivity index (χ2v) is 9.27. The van der Waals surface area contributed by atoms with Crippen LogP contribution in [0.3, 0.4) is 0 Å². The topological polar surface area (TPSA) is 107 Å². The summed E-state index contributed by atoms with van der Waals surface area (Å²) in [5.74, 6) is -0.401. The molecule has 0 spiro atoms. The Morgan fingerprint density at radius 2 is 0.650 bits per heavy atom. The first-order valence-electron chi connectivity index (χ1n) is 12.2. The van der Waals surface area contributed by atoms with Crippen LogP contribution in [0.5, 0.6) is 23.0 Å². The third kappa shape index (κ3) is 10.1. The van der Waals surface area contributed by atoms with E-state index in [0.29, 0.717) is 0 Å². The van der Waals surface area contributed by atoms with Crippen LogP contribution in [-0.2, 0) is 0 Å². The highest BCUT2D eigenvalue weighted by molar-refractivity contribution is 6.33. The van der Waals surface area contributed by atoms with Gasteiger partial charge in [0.25, 0.3) is 0 Å². The van der Waals surface area contributed by atoms with E-state index in [4.69, 9.17) is 43.6 Å². The predicted molar refractivity (Wildman–Crippen MR) is 162 cm³/mol. The first-order valence-corrected chi connectivity index (χ1v) is 13.0. The van der Waals surface area contributed by atoms with Crippen LogP contribution < -0.4 is 0 Å². The maximum absolute atomic E-state index is 8.81. The first kappa shape index (κ1) is 32.0. The molecule has 0 radical (unpaired) electrons. The van der Waals surface area contributed by atoms with Crippen molar-refractivity contribution in [3.63, 3.8) is 0 Å². The monoisotopic (exact) mass is 578 g/mol. The van der Waals surface area contributed by atoms with Crippen LogP contribution in [0.25, 0.3) is 11.1 Å². The Morgan fingerprint density at radius 1 is 0.400 bits per heavy atom. The highest BCUT2D eigenvalue weighted by Crippen LogP contribution is 2.31. The van der Waals surface area contributed by atoms with Gasteiger partial charge in [-0.3, -0.25) is 9.97 Å². The molecule has 8 heteroatoms. The normalized spacial score (nSPS) is 9.65. The molecule has 40 heavy (non-hydrogen) atoms. The van der Waals surface area contributed by atoms with Crippen molar-refractivity contribution in [2.45, 2.75) is 27.7 Å². The van der Waals surface area contributed by atoms with Crippen LogP contribution in [0.4, 0.5) is 0 Å². The van der Waals surface area contributed by atoms with Crippen molar-refractivity contribution in [2.75, 3.05) is 0 Å². The summed E-state index contributed by atoms with van der Waals surface area (Å²) < 4.78 is 0. The van der Waals surface area contributed by atoms with Gasteiger partial charge in [-0.25, -0.2) is 0 Å². The minimum Gasteiger partial charge on any atom is -0.506 e. The van der Waals surface area contributed by atoms with Crippen LogP contribution in [0.2, 0.25) is 10.0 Å². The number of phenolic OH excluding ortho intramolecular Hbond substituents is 4. The number of benzene rings is 4. The van der Waals surface area contributed by atoms with Gasteiger partial charge in [0.2, 0.25) is 0 Å². The molecule has 0 amide bonds. The lowest BCUT2D eigenvalue weighted by molar-refractivity contribution is 0.450. The lowest BCUT2D eigenvalue weighted by Crippen LogP contribution is -1.97. The van der Waals surface area contributed by atoms with Crippen LogP contribution >= 0.6 is 23.2 Å². The fraction of sp³-hybridized carbons (Fsp3) is 0.125. The standard InChI is InChI=1S/C12H10.C8H12N2.2C6H5ClO2/c1-3-7-11(8-4-1)12-9-5-2-6-10-12;1-5-6(2)10-8(4)7(3)9-5;2*7-6-4(8)2-1-3-5(6)9/h1-10H;1-4H3;2*1-3,8-9H. The molecule has 6 nitrogen and oxygen atoms in total. The van der Waals surface area contributed by atoms with Crippen molar-refractivity contribution >= 4 is 23.2 Å². The maximum atomic E-state index is 8.81. The van der Waals surface area contributed by atoms with Crippen LogP contribution in [0.1, 0.15) is 22.8 Å². The predicted octanol–water partition coefficient (Wildman–Crippen LogP) is 8.57. The lowest BCUT2D eigenvalue weighted by Gasteiger charge is -2.01. The second-order valence-electron chi connectivity index (χ2n) is 8.52. The number of nitrogens with zero attached hydrogens (tertiary/aromatic N) is 2. The van der Waals surface area contributed by atoms with Crippen molar-refractivity contribution < 1.29 is 20.4 Å². The number of hydrogen-bond donors (Lipinski definition) is 4. The molecule has 0 aliphatic rings. The summed E-state index contributed by atoms with van der Waals surface area (Å²) in [5.41, 5.74) is 6.67. The largest absolute Gasteiger partial charge is 0.506 e. The summed E-state index contributed by atoms with van der Waals surface area (Å²) in [6.45, 7) is 7.92. The van der Waals surface area contributed by atoms with E-state index in [1.54, 1.807) is 0 Å². The minimum absolute atomic E-state index is 0.00231. The fourth-order valence-corrected chi connectivity index (χ4v) is 3.36. The second kappa shape index (κ2) is 16.0. The molecule has 0 saturated carbocycles. The molecule has 1 heterocycles. The number of rotatable bonds is 1. The smallest absolute Gasteiger partial charge is 0.137 e. The summed E-state index contributed by atoms with van der Waals surface area (Å²) in [4.78, 5) is 8.62. The average Bonchev–Trinajstić information content (AvgIpc) is 2.95. The van der Waals surface area contributed by atoms with Gasteiger partial charge >= 0.3 is 0 Å². The molecule has 0 aliphatic heterocycles. The SMILES string of the molecule is Cc1nc(C)c(C)nc1C.Oc1cccc(O)c1Cl.Oc1cccc(O)c1Cl.c1ccc(-c2ccccc2)cc1. The van der Waals surface area contributed by atoms with E-state index >= 15 is 0 Å². The molecular formula is C32H32Cl2N2O4. The molecule has 5 aromatic rings. The number of aryl methyl sites for hydroxylation is 4. The molecule has 208 valence electrons. The van der Waals surface area contributed by atoms with E-state index in [1.165, 1.54) is 47.5 Å². The lowest BCUT2D eigenvalue weighted by atomic mass is 10.1. The number of aromatic nitrogens is 2. The number of phenols is 4. The molecule has 0 fully saturated rings. The van der Waals surface area contributed by atoms with Crippen molar-refractivity contribution in [2.24, 2.45) is 0 Å². The van der Waals surface area contributed by atoms with Gasteiger partial charge in [0.1, 0.15) is 33.0 Å². The Bertz CT molecular complexity index is 1320. The quantitative estimate of drug-likeness (QED) is 0.159. The molecule has 0 aliphatic carbocycles. The average molecular weight is 580 g/mol. The van der Waals surface area contributed by atoms with E-state index in [1.807, 2.05) is 39.8 Å². The molecule has 4 aromatic carbocycles. The Kier molecular flexibility index (Phi) is 12.8. The molecule has 0 saturated heterocycles. The Balaban J connectivity index is 0.000000188. The summed E-state index contributed by atoms with van der Waals surface area (Å²) in [7, 11) is 0. The van der Waals surface area contributed by atoms with Gasteiger partial charge in [-0.15, -0.1) is 0 Å². The molecule has 0 unspecified atom stereocenters. The van der Waals surface area contributed by atoms with Gasteiger partial charge in [-0.05, 0) is 63.1 Å². The van der Waals surface area contributed by atoms with Gasteiger partial charge in [0, 0.05) is 0 Å². The van der Waals surface area contributed by atoms with Crippen molar-refractivity contribution in [1.82, 2.24) is 9.97 Å². The summed E-state index contributed by atoms with van der Waals surface area (Å²) in [6.07, 6.45) is 0. The van der Waals surface area contributed by atoms with Gasteiger partial charge in [-0.2, -0.15) is 0 Å². The number of halogens is 2. The highest BCUT2D eigenvalue weighted by atomic mass is 35.5. The van der Waals surface area contributed by atoms with Gasteiger partial charge in [-0.1, -0.05) is 96.0 Å². The Labute approximate surface area is 244 Å². The van der Waals surface area contributed by atoms with E-state index in [2.05, 4.69) is 58.5 Å². The minimum atomic E-state index is -0.100. The third-order valence-corrected chi connectivity index (χ3v) is 6.29. The van der Waals surface area contributed by atoms with Crippen LogP contribution in [0, 0.1) is 27.7 Å². The number of aromatic hydroxyl groups is 4. The van der Waals surface area contributed by atoms with Crippen molar-refractivity contribution in [3.05, 3.63) is 130 Å². The molecule has 0 bridgehead atoms. The van der Waals surface area contributed by atoms with E-state index in [9.17, 15) is 0 Å². The van der Waals surface area contributed by atoms with E-state index in [0.717, 1.165) is 22.8 Å². The first-order chi connectivity index (χ1) is 19.0. The molecular weight excluding hydrogens is 547 g/mol. The van der Waals surface area contributed by atoms with Crippen molar-refractivity contribution in [1.29, 1.82) is 0 Å². The Hall–Kier alpha value is -4.26. The highest BCUT2D eigenvalue weighted by Gasteiger charge is 2.01. The zero-order chi connectivity index (χ0) is 29.7. The van der Waals surface area contributed by atoms with Crippen molar-refractivity contribution in [3.8, 4) is 34.1 Å².